The lowest BCUT2D eigenvalue weighted by atomic mass is 9.98. The van der Waals surface area contributed by atoms with E-state index in [1.54, 1.807) is 25.3 Å². The fraction of sp³-hybridized carbons (Fsp3) is 0.548. The first-order valence-electron chi connectivity index (χ1n) is 14.6. The Bertz CT molecular complexity index is 1180. The van der Waals surface area contributed by atoms with Gasteiger partial charge in [0.2, 0.25) is 21.8 Å². The molecule has 2 aromatic carbocycles. The summed E-state index contributed by atoms with van der Waals surface area (Å²) in [4.78, 5) is 24.7. The van der Waals surface area contributed by atoms with Crippen molar-refractivity contribution < 1.29 is 27.9 Å². The smallest absolute Gasteiger partial charge is 0.245 e. The highest BCUT2D eigenvalue weighted by molar-refractivity contribution is 7.89. The molecule has 2 aromatic rings. The van der Waals surface area contributed by atoms with Crippen LogP contribution in [0.15, 0.2) is 65.6 Å². The molecule has 0 bridgehead atoms. The summed E-state index contributed by atoms with van der Waals surface area (Å²) in [7, 11) is -2.44. The van der Waals surface area contributed by atoms with Gasteiger partial charge in [0.05, 0.1) is 18.0 Å². The lowest BCUT2D eigenvalue weighted by molar-refractivity contribution is -0.122. The van der Waals surface area contributed by atoms with Crippen molar-refractivity contribution in [2.45, 2.75) is 69.5 Å². The molecule has 0 spiro atoms. The maximum Gasteiger partial charge on any atom is 0.245 e. The summed E-state index contributed by atoms with van der Waals surface area (Å²) in [5.74, 6) is -0.362. The molecule has 234 valence electrons. The molecule has 0 aromatic heterocycles. The fourth-order valence-corrected chi connectivity index (χ4v) is 6.45. The molecule has 2 atom stereocenters. The SMILES string of the molecule is COCCNCC(=O)NC(C)CCCC(=O)NCCC(O)(Cc1ccccc1)N(CC(C)C)S(=O)(=O)c1ccccc1. The monoisotopic (exact) mass is 604 g/mol. The topological polar surface area (TPSA) is 137 Å². The minimum atomic E-state index is -4.04. The number of benzene rings is 2. The van der Waals surface area contributed by atoms with Crippen LogP contribution in [0.4, 0.5) is 0 Å². The van der Waals surface area contributed by atoms with Crippen molar-refractivity contribution in [2.24, 2.45) is 5.92 Å². The lowest BCUT2D eigenvalue weighted by Crippen LogP contribution is -2.55. The first-order chi connectivity index (χ1) is 20.0. The van der Waals surface area contributed by atoms with E-state index < -0.39 is 15.7 Å². The van der Waals surface area contributed by atoms with Crippen LogP contribution in [0.5, 0.6) is 0 Å². The van der Waals surface area contributed by atoms with Gasteiger partial charge in [-0.1, -0.05) is 62.4 Å². The van der Waals surface area contributed by atoms with Gasteiger partial charge in [-0.2, -0.15) is 4.31 Å². The molecule has 0 radical (unpaired) electrons. The van der Waals surface area contributed by atoms with Crippen LogP contribution in [0.3, 0.4) is 0 Å². The number of nitrogens with zero attached hydrogens (tertiary/aromatic N) is 1. The summed E-state index contributed by atoms with van der Waals surface area (Å²) >= 11 is 0. The number of hydrogen-bond acceptors (Lipinski definition) is 7. The van der Waals surface area contributed by atoms with Crippen LogP contribution >= 0.6 is 0 Å². The van der Waals surface area contributed by atoms with Crippen LogP contribution in [0.2, 0.25) is 0 Å². The van der Waals surface area contributed by atoms with Crippen molar-refractivity contribution in [1.29, 1.82) is 0 Å². The van der Waals surface area contributed by atoms with E-state index in [-0.39, 0.29) is 67.6 Å². The molecule has 4 N–H and O–H groups in total. The zero-order chi connectivity index (χ0) is 31.0. The Morgan fingerprint density at radius 1 is 0.976 bits per heavy atom. The molecule has 2 rings (SSSR count). The average molecular weight is 605 g/mol. The highest BCUT2D eigenvalue weighted by Gasteiger charge is 2.43. The minimum absolute atomic E-state index is 0.00888. The molecule has 0 fully saturated rings. The lowest BCUT2D eigenvalue weighted by Gasteiger charge is -2.40. The number of methoxy groups -OCH3 is 1. The summed E-state index contributed by atoms with van der Waals surface area (Å²) in [5, 5.41) is 20.8. The quantitative estimate of drug-likeness (QED) is 0.135. The van der Waals surface area contributed by atoms with Crippen molar-refractivity contribution >= 4 is 21.8 Å². The summed E-state index contributed by atoms with van der Waals surface area (Å²) in [6, 6.07) is 17.3. The first kappa shape index (κ1) is 35.4. The van der Waals surface area contributed by atoms with Crippen LogP contribution in [-0.4, -0.2) is 81.3 Å². The number of carbonyl (C=O) groups excluding carboxylic acids is 2. The zero-order valence-corrected chi connectivity index (χ0v) is 26.2. The summed E-state index contributed by atoms with van der Waals surface area (Å²) in [6.45, 7) is 7.23. The fourth-order valence-electron chi connectivity index (χ4n) is 4.60. The van der Waals surface area contributed by atoms with Crippen LogP contribution in [0.1, 0.15) is 52.0 Å². The summed E-state index contributed by atoms with van der Waals surface area (Å²) in [6.07, 6.45) is 1.53. The number of hydrogen-bond donors (Lipinski definition) is 4. The number of nitrogens with one attached hydrogen (secondary N) is 3. The molecule has 0 aliphatic rings. The molecule has 11 heteroatoms. The van der Waals surface area contributed by atoms with Crippen LogP contribution in [0.25, 0.3) is 0 Å². The Labute approximate surface area is 251 Å². The Hall–Kier alpha value is -2.83. The number of amides is 2. The van der Waals surface area contributed by atoms with Gasteiger partial charge in [-0.15, -0.1) is 0 Å². The van der Waals surface area contributed by atoms with Gasteiger partial charge in [-0.3, -0.25) is 9.59 Å². The Morgan fingerprint density at radius 2 is 1.62 bits per heavy atom. The van der Waals surface area contributed by atoms with E-state index in [0.29, 0.717) is 26.0 Å². The van der Waals surface area contributed by atoms with Crippen LogP contribution < -0.4 is 16.0 Å². The summed E-state index contributed by atoms with van der Waals surface area (Å²) < 4.78 is 33.7. The average Bonchev–Trinajstić information content (AvgIpc) is 2.95. The number of carbonyl (C=O) groups is 2. The number of ether oxygens (including phenoxy) is 1. The van der Waals surface area contributed by atoms with E-state index in [9.17, 15) is 23.1 Å². The molecule has 0 aliphatic carbocycles. The standard InChI is InChI=1S/C31H48N4O6S/c1-25(2)24-35(42(39,40)28-15-9-6-10-16-28)31(38,22-27-13-7-5-8-14-27)18-19-33-29(36)17-11-12-26(3)34-30(37)23-32-20-21-41-4/h5-10,13-16,25-26,32,38H,11-12,17-24H2,1-4H3,(H,33,36)(H,34,37). The van der Waals surface area contributed by atoms with Crippen LogP contribution in [-0.2, 0) is 30.8 Å². The second-order valence-electron chi connectivity index (χ2n) is 11.0. The minimum Gasteiger partial charge on any atom is -0.383 e. The molecular weight excluding hydrogens is 556 g/mol. The molecule has 10 nitrogen and oxygen atoms in total. The van der Waals surface area contributed by atoms with Gasteiger partial charge >= 0.3 is 0 Å². The number of sulfonamides is 1. The number of rotatable bonds is 20. The highest BCUT2D eigenvalue weighted by Crippen LogP contribution is 2.30. The molecule has 0 saturated carbocycles. The molecule has 2 unspecified atom stereocenters. The van der Waals surface area contributed by atoms with Crippen molar-refractivity contribution in [3.05, 3.63) is 66.2 Å². The van der Waals surface area contributed by atoms with E-state index in [1.807, 2.05) is 51.1 Å². The zero-order valence-electron chi connectivity index (χ0n) is 25.3. The molecular formula is C31H48N4O6S. The van der Waals surface area contributed by atoms with E-state index in [2.05, 4.69) is 16.0 Å². The van der Waals surface area contributed by atoms with Crippen molar-refractivity contribution in [2.75, 3.05) is 39.9 Å². The molecule has 42 heavy (non-hydrogen) atoms. The highest BCUT2D eigenvalue weighted by atomic mass is 32.2. The molecule has 2 amide bonds. The molecule has 0 saturated heterocycles. The molecule has 0 heterocycles. The van der Waals surface area contributed by atoms with E-state index in [1.165, 1.54) is 16.4 Å². The predicted octanol–water partition coefficient (Wildman–Crippen LogP) is 2.68. The summed E-state index contributed by atoms with van der Waals surface area (Å²) in [5.41, 5.74) is -0.989. The predicted molar refractivity (Wildman–Crippen MR) is 164 cm³/mol. The van der Waals surface area contributed by atoms with Gasteiger partial charge in [0.1, 0.15) is 5.72 Å². The largest absolute Gasteiger partial charge is 0.383 e. The second kappa shape index (κ2) is 18.0. The Balaban J connectivity index is 2.02. The Kier molecular flexibility index (Phi) is 15.1. The number of aliphatic hydroxyl groups is 1. The van der Waals surface area contributed by atoms with Gasteiger partial charge in [0.15, 0.2) is 0 Å². The first-order valence-corrected chi connectivity index (χ1v) is 16.0. The van der Waals surface area contributed by atoms with Gasteiger partial charge in [0.25, 0.3) is 0 Å². The van der Waals surface area contributed by atoms with Crippen LogP contribution in [0, 0.1) is 5.92 Å². The van der Waals surface area contributed by atoms with Gasteiger partial charge in [-0.05, 0) is 43.4 Å². The maximum absolute atomic E-state index is 13.8. The third kappa shape index (κ3) is 12.2. The normalized spacial score (nSPS) is 14.0. The van der Waals surface area contributed by atoms with Crippen molar-refractivity contribution in [3.8, 4) is 0 Å². The van der Waals surface area contributed by atoms with Crippen molar-refractivity contribution in [3.63, 3.8) is 0 Å². The van der Waals surface area contributed by atoms with Gasteiger partial charge in [0, 0.05) is 52.0 Å². The van der Waals surface area contributed by atoms with E-state index >= 15 is 0 Å². The second-order valence-corrected chi connectivity index (χ2v) is 12.9. The molecule has 0 aliphatic heterocycles. The Morgan fingerprint density at radius 3 is 2.24 bits per heavy atom. The van der Waals surface area contributed by atoms with Gasteiger partial charge < -0.3 is 25.8 Å². The third-order valence-electron chi connectivity index (χ3n) is 6.72. The van der Waals surface area contributed by atoms with Crippen molar-refractivity contribution in [1.82, 2.24) is 20.3 Å². The van der Waals surface area contributed by atoms with E-state index in [0.717, 1.165) is 5.56 Å². The third-order valence-corrected chi connectivity index (χ3v) is 8.66. The maximum atomic E-state index is 13.8. The van der Waals surface area contributed by atoms with E-state index in [4.69, 9.17) is 4.74 Å². The van der Waals surface area contributed by atoms with Gasteiger partial charge in [-0.25, -0.2) is 8.42 Å².